The van der Waals surface area contributed by atoms with Gasteiger partial charge < -0.3 is 15.2 Å². The van der Waals surface area contributed by atoms with Gasteiger partial charge in [-0.05, 0) is 32.4 Å². The minimum absolute atomic E-state index is 0.110. The number of benzene rings is 1. The van der Waals surface area contributed by atoms with Crippen molar-refractivity contribution in [3.05, 3.63) is 52.2 Å². The van der Waals surface area contributed by atoms with Crippen molar-refractivity contribution in [3.63, 3.8) is 0 Å². The molecule has 0 saturated heterocycles. The summed E-state index contributed by atoms with van der Waals surface area (Å²) < 4.78 is 21.3. The Morgan fingerprint density at radius 1 is 1.43 bits per heavy atom. The van der Waals surface area contributed by atoms with Crippen LogP contribution < -0.4 is 10.1 Å². The molecule has 2 aromatic rings. The van der Waals surface area contributed by atoms with E-state index in [4.69, 9.17) is 7.48 Å². The standard InChI is InChI=1S/C16H19N3O4/c1-11-4-7-15(17-9-11)23-12-5-6-14(19(21)22)13(8-12)18-10-16(2,3)20/h4-9,18,20H,10H2,1-3H3/i10D2. The van der Waals surface area contributed by atoms with Crippen LogP contribution in [0.25, 0.3) is 0 Å². The third kappa shape index (κ3) is 4.93. The number of aromatic nitrogens is 1. The Bertz CT molecular complexity index is 774. The molecule has 7 heteroatoms. The zero-order valence-electron chi connectivity index (χ0n) is 15.0. The molecule has 0 saturated carbocycles. The number of nitro benzene ring substituents is 1. The summed E-state index contributed by atoms with van der Waals surface area (Å²) in [4.78, 5) is 14.6. The summed E-state index contributed by atoms with van der Waals surface area (Å²) in [6, 6.07) is 7.35. The normalized spacial score (nSPS) is 13.0. The van der Waals surface area contributed by atoms with Crippen molar-refractivity contribution in [2.45, 2.75) is 26.4 Å². The van der Waals surface area contributed by atoms with Crippen molar-refractivity contribution < 1.29 is 17.5 Å². The van der Waals surface area contributed by atoms with Crippen LogP contribution in [0.2, 0.25) is 0 Å². The lowest BCUT2D eigenvalue weighted by Gasteiger charge is -2.18. The zero-order chi connectivity index (χ0) is 18.8. The Hall–Kier alpha value is -2.67. The van der Waals surface area contributed by atoms with Crippen molar-refractivity contribution >= 4 is 11.4 Å². The number of anilines is 1. The van der Waals surface area contributed by atoms with E-state index in [0.717, 1.165) is 5.56 Å². The average molecular weight is 319 g/mol. The van der Waals surface area contributed by atoms with E-state index in [-0.39, 0.29) is 17.1 Å². The molecule has 23 heavy (non-hydrogen) atoms. The van der Waals surface area contributed by atoms with Crippen LogP contribution in [0, 0.1) is 17.0 Å². The fourth-order valence-corrected chi connectivity index (χ4v) is 1.69. The van der Waals surface area contributed by atoms with Crippen LogP contribution in [0.15, 0.2) is 36.5 Å². The molecular formula is C16H19N3O4. The number of ether oxygens (including phenoxy) is 1. The summed E-state index contributed by atoms with van der Waals surface area (Å²) in [6.45, 7) is 2.10. The Kier molecular flexibility index (Phi) is 4.01. The summed E-state index contributed by atoms with van der Waals surface area (Å²) in [6.07, 6.45) is 1.62. The van der Waals surface area contributed by atoms with Crippen LogP contribution in [-0.2, 0) is 0 Å². The van der Waals surface area contributed by atoms with E-state index in [9.17, 15) is 15.2 Å². The van der Waals surface area contributed by atoms with E-state index in [1.807, 2.05) is 6.92 Å². The number of nitrogens with zero attached hydrogens (tertiary/aromatic N) is 2. The molecule has 7 nitrogen and oxygen atoms in total. The monoisotopic (exact) mass is 319 g/mol. The summed E-state index contributed by atoms with van der Waals surface area (Å²) in [5, 5.41) is 23.5. The third-order valence-electron chi connectivity index (χ3n) is 2.77. The van der Waals surface area contributed by atoms with Gasteiger partial charge in [0.15, 0.2) is 0 Å². The number of aliphatic hydroxyl groups is 1. The highest BCUT2D eigenvalue weighted by atomic mass is 16.6. The molecule has 0 amide bonds. The maximum absolute atomic E-state index is 11.2. The SMILES string of the molecule is [2H]C([2H])(Nc1cc(Oc2ccc(C)cn2)ccc1[N+](=O)[O-])C(C)(C)O. The second kappa shape index (κ2) is 6.62. The van der Waals surface area contributed by atoms with Crippen molar-refractivity contribution in [1.29, 1.82) is 0 Å². The fourth-order valence-electron chi connectivity index (χ4n) is 1.69. The molecule has 0 aliphatic heterocycles. The van der Waals surface area contributed by atoms with Crippen molar-refractivity contribution in [2.24, 2.45) is 0 Å². The van der Waals surface area contributed by atoms with Gasteiger partial charge in [-0.3, -0.25) is 10.1 Å². The summed E-state index contributed by atoms with van der Waals surface area (Å²) in [5.41, 5.74) is -1.26. The van der Waals surface area contributed by atoms with E-state index in [1.54, 1.807) is 18.3 Å². The van der Waals surface area contributed by atoms with Gasteiger partial charge in [-0.2, -0.15) is 0 Å². The van der Waals surface area contributed by atoms with Gasteiger partial charge in [0.05, 0.1) is 13.3 Å². The minimum Gasteiger partial charge on any atom is -0.439 e. The largest absolute Gasteiger partial charge is 0.439 e. The zero-order valence-corrected chi connectivity index (χ0v) is 13.0. The predicted molar refractivity (Wildman–Crippen MR) is 86.9 cm³/mol. The van der Waals surface area contributed by atoms with Crippen LogP contribution in [0.5, 0.6) is 11.6 Å². The first kappa shape index (κ1) is 14.0. The van der Waals surface area contributed by atoms with Gasteiger partial charge in [0, 0.05) is 30.9 Å². The maximum Gasteiger partial charge on any atom is 0.292 e. The van der Waals surface area contributed by atoms with Gasteiger partial charge in [0.2, 0.25) is 5.88 Å². The second-order valence-electron chi connectivity index (χ2n) is 5.52. The second-order valence-corrected chi connectivity index (χ2v) is 5.52. The highest BCUT2D eigenvalue weighted by Crippen LogP contribution is 2.31. The molecular weight excluding hydrogens is 298 g/mol. The highest BCUT2D eigenvalue weighted by molar-refractivity contribution is 5.64. The van der Waals surface area contributed by atoms with Gasteiger partial charge in [-0.1, -0.05) is 6.07 Å². The van der Waals surface area contributed by atoms with Crippen molar-refractivity contribution in [1.82, 2.24) is 4.98 Å². The van der Waals surface area contributed by atoms with Gasteiger partial charge in [-0.25, -0.2) is 4.98 Å². The summed E-state index contributed by atoms with van der Waals surface area (Å²) >= 11 is 0. The van der Waals surface area contributed by atoms with E-state index in [1.165, 1.54) is 32.0 Å². The average Bonchev–Trinajstić information content (AvgIpc) is 2.48. The van der Waals surface area contributed by atoms with Crippen LogP contribution in [0.4, 0.5) is 11.4 Å². The quantitative estimate of drug-likeness (QED) is 0.626. The van der Waals surface area contributed by atoms with Crippen LogP contribution in [-0.4, -0.2) is 27.1 Å². The molecule has 0 radical (unpaired) electrons. The van der Waals surface area contributed by atoms with E-state index < -0.39 is 17.0 Å². The lowest BCUT2D eigenvalue weighted by atomic mass is 10.1. The van der Waals surface area contributed by atoms with E-state index >= 15 is 0 Å². The number of hydrogen-bond donors (Lipinski definition) is 2. The van der Waals surface area contributed by atoms with Gasteiger partial charge >= 0.3 is 0 Å². The molecule has 0 atom stereocenters. The highest BCUT2D eigenvalue weighted by Gasteiger charge is 2.18. The molecule has 0 aliphatic carbocycles. The first-order valence-corrected chi connectivity index (χ1v) is 6.89. The van der Waals surface area contributed by atoms with Crippen LogP contribution in [0.1, 0.15) is 22.2 Å². The first-order chi connectivity index (χ1) is 11.5. The predicted octanol–water partition coefficient (Wildman–Crippen LogP) is 3.27. The molecule has 0 fully saturated rings. The number of hydrogen-bond acceptors (Lipinski definition) is 6. The van der Waals surface area contributed by atoms with Gasteiger partial charge in [-0.15, -0.1) is 0 Å². The maximum atomic E-state index is 11.2. The Morgan fingerprint density at radius 3 is 2.74 bits per heavy atom. The Labute approximate surface area is 136 Å². The number of aryl methyl sites for hydroxylation is 1. The lowest BCUT2D eigenvalue weighted by molar-refractivity contribution is -0.384. The smallest absolute Gasteiger partial charge is 0.292 e. The topological polar surface area (TPSA) is 97.5 Å². The molecule has 2 rings (SSSR count). The number of rotatable bonds is 6. The van der Waals surface area contributed by atoms with Crippen molar-refractivity contribution in [2.75, 3.05) is 11.8 Å². The van der Waals surface area contributed by atoms with E-state index in [2.05, 4.69) is 10.3 Å². The molecule has 0 aliphatic rings. The third-order valence-corrected chi connectivity index (χ3v) is 2.77. The Balaban J connectivity index is 2.36. The fraction of sp³-hybridized carbons (Fsp3) is 0.312. The van der Waals surface area contributed by atoms with Crippen LogP contribution in [0.3, 0.4) is 0 Å². The lowest BCUT2D eigenvalue weighted by Crippen LogP contribution is -2.29. The molecule has 1 aromatic heterocycles. The number of pyridine rings is 1. The summed E-state index contributed by atoms with van der Waals surface area (Å²) in [7, 11) is 0. The molecule has 1 heterocycles. The van der Waals surface area contributed by atoms with E-state index in [0.29, 0.717) is 5.88 Å². The van der Waals surface area contributed by atoms with Crippen molar-refractivity contribution in [3.8, 4) is 11.6 Å². The molecule has 0 bridgehead atoms. The van der Waals surface area contributed by atoms with Crippen LogP contribution >= 0.6 is 0 Å². The molecule has 0 unspecified atom stereocenters. The van der Waals surface area contributed by atoms with Gasteiger partial charge in [0.1, 0.15) is 11.4 Å². The summed E-state index contributed by atoms with van der Waals surface area (Å²) in [5.74, 6) is 0.548. The number of nitro groups is 1. The first-order valence-electron chi connectivity index (χ1n) is 7.89. The molecule has 122 valence electrons. The molecule has 1 aromatic carbocycles. The minimum atomic E-state index is -2.31. The number of nitrogens with one attached hydrogen (secondary N) is 1. The molecule has 0 spiro atoms. The molecule has 2 N–H and O–H groups in total. The Morgan fingerprint density at radius 2 is 2.17 bits per heavy atom. The van der Waals surface area contributed by atoms with Gasteiger partial charge in [0.25, 0.3) is 5.69 Å².